The van der Waals surface area contributed by atoms with Crippen LogP contribution in [0.5, 0.6) is 11.5 Å². The molecule has 0 bridgehead atoms. The van der Waals surface area contributed by atoms with Gasteiger partial charge in [-0.05, 0) is 35.8 Å². The maximum Gasteiger partial charge on any atom is 0.123 e. The van der Waals surface area contributed by atoms with Crippen molar-refractivity contribution in [2.45, 2.75) is 65.2 Å². The fraction of sp³-hybridized carbons (Fsp3) is 0.647. The number of methoxy groups -OCH3 is 1. The second-order valence-electron chi connectivity index (χ2n) is 6.55. The van der Waals surface area contributed by atoms with Gasteiger partial charge in [0.1, 0.15) is 11.5 Å². The number of aromatic hydroxyl groups is 1. The minimum atomic E-state index is -0.0583. The maximum absolute atomic E-state index is 10.7. The highest BCUT2D eigenvalue weighted by Crippen LogP contribution is 2.43. The van der Waals surface area contributed by atoms with Crippen molar-refractivity contribution in [2.24, 2.45) is 0 Å². The molecule has 0 aliphatic rings. The van der Waals surface area contributed by atoms with Gasteiger partial charge in [-0.1, -0.05) is 41.5 Å². The van der Waals surface area contributed by atoms with E-state index in [0.29, 0.717) is 5.75 Å². The molecule has 1 N–H and O–H groups in total. The van der Waals surface area contributed by atoms with E-state index in [2.05, 4.69) is 41.5 Å². The predicted octanol–water partition coefficient (Wildman–Crippen LogP) is 4.78. The molecule has 2 nitrogen and oxygen atoms in total. The Hall–Kier alpha value is -1.18. The molecular weight excluding hydrogens is 236 g/mol. The second kappa shape index (κ2) is 5.44. The zero-order valence-electron chi connectivity index (χ0n) is 13.4. The van der Waals surface area contributed by atoms with Crippen molar-refractivity contribution in [3.8, 4) is 11.5 Å². The van der Waals surface area contributed by atoms with Crippen LogP contribution in [0.25, 0.3) is 0 Å². The normalized spacial score (nSPS) is 12.6. The first kappa shape index (κ1) is 15.9. The van der Waals surface area contributed by atoms with Crippen LogP contribution in [-0.2, 0) is 10.8 Å². The number of hydrogen-bond donors (Lipinski definition) is 1. The molecule has 0 radical (unpaired) electrons. The van der Waals surface area contributed by atoms with Crippen LogP contribution in [-0.4, -0.2) is 12.2 Å². The summed E-state index contributed by atoms with van der Waals surface area (Å²) in [6, 6.07) is 3.93. The van der Waals surface area contributed by atoms with Gasteiger partial charge in [-0.3, -0.25) is 0 Å². The quantitative estimate of drug-likeness (QED) is 0.829. The third kappa shape index (κ3) is 3.05. The minimum Gasteiger partial charge on any atom is -0.507 e. The standard InChI is InChI=1S/C17H28O2/c1-8-16(3,4)13-10-12(19-7)11-14(15(13)18)17(5,6)9-2/h10-11,18H,8-9H2,1-7H3. The minimum absolute atomic E-state index is 0.0583. The molecule has 19 heavy (non-hydrogen) atoms. The molecule has 0 saturated carbocycles. The molecule has 0 atom stereocenters. The van der Waals surface area contributed by atoms with Gasteiger partial charge in [-0.2, -0.15) is 0 Å². The molecule has 0 aromatic heterocycles. The highest BCUT2D eigenvalue weighted by Gasteiger charge is 2.29. The molecular formula is C17H28O2. The number of benzene rings is 1. The third-order valence-corrected chi connectivity index (χ3v) is 4.55. The van der Waals surface area contributed by atoms with E-state index in [-0.39, 0.29) is 10.8 Å². The van der Waals surface area contributed by atoms with Crippen LogP contribution in [0, 0.1) is 0 Å². The zero-order valence-corrected chi connectivity index (χ0v) is 13.4. The molecule has 0 fully saturated rings. The summed E-state index contributed by atoms with van der Waals surface area (Å²) in [6.07, 6.45) is 1.94. The van der Waals surface area contributed by atoms with E-state index in [1.54, 1.807) is 7.11 Å². The number of phenols is 1. The predicted molar refractivity (Wildman–Crippen MR) is 81.3 cm³/mol. The van der Waals surface area contributed by atoms with Crippen LogP contribution in [0.2, 0.25) is 0 Å². The van der Waals surface area contributed by atoms with Gasteiger partial charge < -0.3 is 9.84 Å². The summed E-state index contributed by atoms with van der Waals surface area (Å²) in [5, 5.41) is 10.7. The van der Waals surface area contributed by atoms with E-state index in [4.69, 9.17) is 4.74 Å². The van der Waals surface area contributed by atoms with Gasteiger partial charge in [-0.15, -0.1) is 0 Å². The summed E-state index contributed by atoms with van der Waals surface area (Å²) in [6.45, 7) is 12.9. The fourth-order valence-corrected chi connectivity index (χ4v) is 2.14. The van der Waals surface area contributed by atoms with Crippen LogP contribution < -0.4 is 4.74 Å². The van der Waals surface area contributed by atoms with Crippen LogP contribution in [0.15, 0.2) is 12.1 Å². The van der Waals surface area contributed by atoms with Crippen molar-refractivity contribution in [1.29, 1.82) is 0 Å². The van der Waals surface area contributed by atoms with Gasteiger partial charge in [0.2, 0.25) is 0 Å². The summed E-state index contributed by atoms with van der Waals surface area (Å²) in [7, 11) is 1.68. The zero-order chi connectivity index (χ0) is 14.8. The van der Waals surface area contributed by atoms with E-state index in [1.165, 1.54) is 0 Å². The molecule has 108 valence electrons. The summed E-state index contributed by atoms with van der Waals surface area (Å²) in [5.41, 5.74) is 1.84. The van der Waals surface area contributed by atoms with E-state index in [1.807, 2.05) is 12.1 Å². The van der Waals surface area contributed by atoms with Gasteiger partial charge in [0.25, 0.3) is 0 Å². The van der Waals surface area contributed by atoms with Crippen molar-refractivity contribution in [1.82, 2.24) is 0 Å². The molecule has 0 heterocycles. The Morgan fingerprint density at radius 1 is 0.947 bits per heavy atom. The van der Waals surface area contributed by atoms with Crippen molar-refractivity contribution in [2.75, 3.05) is 7.11 Å². The lowest BCUT2D eigenvalue weighted by Gasteiger charge is -2.31. The molecule has 0 aliphatic carbocycles. The first-order valence-electron chi connectivity index (χ1n) is 7.11. The highest BCUT2D eigenvalue weighted by atomic mass is 16.5. The van der Waals surface area contributed by atoms with Gasteiger partial charge in [0.15, 0.2) is 0 Å². The fourth-order valence-electron chi connectivity index (χ4n) is 2.14. The topological polar surface area (TPSA) is 29.5 Å². The smallest absolute Gasteiger partial charge is 0.123 e. The van der Waals surface area contributed by atoms with Crippen LogP contribution >= 0.6 is 0 Å². The Kier molecular flexibility index (Phi) is 4.54. The van der Waals surface area contributed by atoms with Crippen molar-refractivity contribution >= 4 is 0 Å². The Morgan fingerprint density at radius 3 is 1.58 bits per heavy atom. The molecule has 0 aliphatic heterocycles. The van der Waals surface area contributed by atoms with Gasteiger partial charge in [0, 0.05) is 11.1 Å². The molecule has 2 heteroatoms. The van der Waals surface area contributed by atoms with Gasteiger partial charge >= 0.3 is 0 Å². The van der Waals surface area contributed by atoms with Crippen molar-refractivity contribution in [3.05, 3.63) is 23.3 Å². The number of ether oxygens (including phenoxy) is 1. The molecule has 0 unspecified atom stereocenters. The Morgan fingerprint density at radius 2 is 1.32 bits per heavy atom. The summed E-state index contributed by atoms with van der Waals surface area (Å²) < 4.78 is 5.42. The largest absolute Gasteiger partial charge is 0.507 e. The molecule has 0 saturated heterocycles. The third-order valence-electron chi connectivity index (χ3n) is 4.55. The summed E-state index contributed by atoms with van der Waals surface area (Å²) >= 11 is 0. The highest BCUT2D eigenvalue weighted by molar-refractivity contribution is 5.52. The average molecular weight is 264 g/mol. The first-order chi connectivity index (χ1) is 8.69. The average Bonchev–Trinajstić information content (AvgIpc) is 2.38. The van der Waals surface area contributed by atoms with Gasteiger partial charge in [-0.25, -0.2) is 0 Å². The van der Waals surface area contributed by atoms with Crippen molar-refractivity contribution < 1.29 is 9.84 Å². The summed E-state index contributed by atoms with van der Waals surface area (Å²) in [4.78, 5) is 0. The molecule has 1 rings (SSSR count). The molecule has 0 spiro atoms. The SMILES string of the molecule is CCC(C)(C)c1cc(OC)cc(C(C)(C)CC)c1O. The number of phenolic OH excluding ortho intramolecular Hbond substituents is 1. The Labute approximate surface area is 117 Å². The molecule has 1 aromatic carbocycles. The van der Waals surface area contributed by atoms with E-state index >= 15 is 0 Å². The number of hydrogen-bond acceptors (Lipinski definition) is 2. The Balaban J connectivity index is 3.55. The second-order valence-corrected chi connectivity index (χ2v) is 6.55. The maximum atomic E-state index is 10.7. The molecule has 0 amide bonds. The summed E-state index contributed by atoms with van der Waals surface area (Å²) in [5.74, 6) is 1.25. The van der Waals surface area contributed by atoms with Crippen LogP contribution in [0.1, 0.15) is 65.5 Å². The molecule has 1 aromatic rings. The van der Waals surface area contributed by atoms with Crippen molar-refractivity contribution in [3.63, 3.8) is 0 Å². The van der Waals surface area contributed by atoms with Crippen LogP contribution in [0.4, 0.5) is 0 Å². The van der Waals surface area contributed by atoms with E-state index < -0.39 is 0 Å². The lowest BCUT2D eigenvalue weighted by molar-refractivity contribution is 0.382. The Bertz CT molecular complexity index is 408. The van der Waals surface area contributed by atoms with E-state index in [9.17, 15) is 5.11 Å². The van der Waals surface area contributed by atoms with Crippen LogP contribution in [0.3, 0.4) is 0 Å². The van der Waals surface area contributed by atoms with E-state index in [0.717, 1.165) is 29.7 Å². The monoisotopic (exact) mass is 264 g/mol. The van der Waals surface area contributed by atoms with Gasteiger partial charge in [0.05, 0.1) is 7.11 Å². The first-order valence-corrected chi connectivity index (χ1v) is 7.11. The lowest BCUT2D eigenvalue weighted by atomic mass is 9.75. The number of rotatable bonds is 5. The lowest BCUT2D eigenvalue weighted by Crippen LogP contribution is -2.21.